The molecule has 3 heteroatoms. The van der Waals surface area contributed by atoms with Crippen molar-refractivity contribution in [1.82, 2.24) is 4.90 Å². The van der Waals surface area contributed by atoms with Gasteiger partial charge in [-0.05, 0) is 44.1 Å². The molecule has 0 heterocycles. The molecule has 1 aromatic rings. The van der Waals surface area contributed by atoms with Gasteiger partial charge < -0.3 is 10.6 Å². The van der Waals surface area contributed by atoms with E-state index in [9.17, 15) is 0 Å². The zero-order valence-corrected chi connectivity index (χ0v) is 11.6. The Hall–Kier alpha value is -0.570. The molecule has 0 aliphatic carbocycles. The van der Waals surface area contributed by atoms with E-state index in [1.165, 1.54) is 0 Å². The summed E-state index contributed by atoms with van der Waals surface area (Å²) in [7, 11) is 0. The van der Waals surface area contributed by atoms with Gasteiger partial charge >= 0.3 is 0 Å². The van der Waals surface area contributed by atoms with Crippen molar-refractivity contribution in [3.05, 3.63) is 34.9 Å². The molecule has 1 atom stereocenters. The van der Waals surface area contributed by atoms with Crippen molar-refractivity contribution in [1.29, 1.82) is 0 Å². The number of halogens is 1. The molecular weight excluding hydrogens is 232 g/mol. The average Bonchev–Trinajstić information content (AvgIpc) is 2.33. The molecule has 2 N–H and O–H groups in total. The van der Waals surface area contributed by atoms with Crippen molar-refractivity contribution in [2.75, 3.05) is 19.6 Å². The van der Waals surface area contributed by atoms with E-state index >= 15 is 0 Å². The second-order valence-corrected chi connectivity index (χ2v) is 4.78. The van der Waals surface area contributed by atoms with E-state index in [0.717, 1.165) is 43.1 Å². The Labute approximate surface area is 110 Å². The van der Waals surface area contributed by atoms with Crippen LogP contribution in [0.1, 0.15) is 25.8 Å². The third kappa shape index (κ3) is 5.07. The first-order valence-corrected chi connectivity index (χ1v) is 6.76. The first-order chi connectivity index (χ1) is 8.17. The van der Waals surface area contributed by atoms with Gasteiger partial charge in [0, 0.05) is 11.1 Å². The summed E-state index contributed by atoms with van der Waals surface area (Å²) in [6.45, 7) is 7.62. The fourth-order valence-electron chi connectivity index (χ4n) is 1.94. The Morgan fingerprint density at radius 2 is 1.88 bits per heavy atom. The van der Waals surface area contributed by atoms with Crippen molar-refractivity contribution in [3.63, 3.8) is 0 Å². The minimum Gasteiger partial charge on any atom is -0.327 e. The van der Waals surface area contributed by atoms with E-state index in [1.54, 1.807) is 0 Å². The van der Waals surface area contributed by atoms with Gasteiger partial charge in [-0.15, -0.1) is 0 Å². The van der Waals surface area contributed by atoms with Crippen molar-refractivity contribution >= 4 is 11.6 Å². The van der Waals surface area contributed by atoms with Crippen LogP contribution < -0.4 is 5.73 Å². The smallest absolute Gasteiger partial charge is 0.0438 e. The predicted molar refractivity (Wildman–Crippen MR) is 75.5 cm³/mol. The Bertz CT molecular complexity index is 324. The van der Waals surface area contributed by atoms with Crippen molar-refractivity contribution in [2.45, 2.75) is 32.7 Å². The molecule has 96 valence electrons. The van der Waals surface area contributed by atoms with E-state index in [-0.39, 0.29) is 6.04 Å². The molecule has 0 aliphatic rings. The van der Waals surface area contributed by atoms with Crippen LogP contribution in [-0.4, -0.2) is 30.6 Å². The maximum atomic E-state index is 6.15. The minimum absolute atomic E-state index is 0.190. The molecule has 1 aromatic carbocycles. The number of nitrogens with two attached hydrogens (primary N) is 1. The highest BCUT2D eigenvalue weighted by Gasteiger charge is 2.08. The normalized spacial score (nSPS) is 13.0. The average molecular weight is 255 g/mol. The van der Waals surface area contributed by atoms with E-state index in [4.69, 9.17) is 17.3 Å². The summed E-state index contributed by atoms with van der Waals surface area (Å²) in [5.74, 6) is 0. The highest BCUT2D eigenvalue weighted by molar-refractivity contribution is 6.31. The third-order valence-electron chi connectivity index (χ3n) is 3.15. The number of hydrogen-bond acceptors (Lipinski definition) is 2. The monoisotopic (exact) mass is 254 g/mol. The molecule has 2 nitrogen and oxygen atoms in total. The summed E-state index contributed by atoms with van der Waals surface area (Å²) in [4.78, 5) is 2.40. The summed E-state index contributed by atoms with van der Waals surface area (Å²) in [5, 5.41) is 0.825. The largest absolute Gasteiger partial charge is 0.327 e. The van der Waals surface area contributed by atoms with Gasteiger partial charge in [0.05, 0.1) is 0 Å². The molecule has 17 heavy (non-hydrogen) atoms. The summed E-state index contributed by atoms with van der Waals surface area (Å²) >= 11 is 6.12. The number of rotatable bonds is 7. The summed E-state index contributed by atoms with van der Waals surface area (Å²) in [5.41, 5.74) is 7.30. The Morgan fingerprint density at radius 1 is 1.24 bits per heavy atom. The number of hydrogen-bond donors (Lipinski definition) is 1. The lowest BCUT2D eigenvalue weighted by Gasteiger charge is -2.20. The molecule has 1 unspecified atom stereocenters. The highest BCUT2D eigenvalue weighted by atomic mass is 35.5. The van der Waals surface area contributed by atoms with E-state index < -0.39 is 0 Å². The molecule has 0 saturated carbocycles. The quantitative estimate of drug-likeness (QED) is 0.811. The van der Waals surface area contributed by atoms with Crippen LogP contribution in [0.5, 0.6) is 0 Å². The second-order valence-electron chi connectivity index (χ2n) is 4.37. The van der Waals surface area contributed by atoms with Crippen LogP contribution in [0.4, 0.5) is 0 Å². The van der Waals surface area contributed by atoms with E-state index in [0.29, 0.717) is 0 Å². The Kier molecular flexibility index (Phi) is 6.56. The standard InChI is InChI=1S/C14H23ClN2/c1-3-17(4-2)10-9-13(16)11-12-7-5-6-8-14(12)15/h5-8,13H,3-4,9-11,16H2,1-2H3. The van der Waals surface area contributed by atoms with E-state index in [2.05, 4.69) is 24.8 Å². The maximum absolute atomic E-state index is 6.15. The SMILES string of the molecule is CCN(CC)CCC(N)Cc1ccccc1Cl. The van der Waals surface area contributed by atoms with Crippen molar-refractivity contribution in [3.8, 4) is 0 Å². The van der Waals surface area contributed by atoms with Gasteiger partial charge in [-0.3, -0.25) is 0 Å². The summed E-state index contributed by atoms with van der Waals surface area (Å²) in [6, 6.07) is 8.13. The van der Waals surface area contributed by atoms with Crippen LogP contribution in [-0.2, 0) is 6.42 Å². The molecular formula is C14H23ClN2. The Morgan fingerprint density at radius 3 is 2.47 bits per heavy atom. The molecule has 0 radical (unpaired) electrons. The molecule has 0 amide bonds. The van der Waals surface area contributed by atoms with Crippen LogP contribution in [0.2, 0.25) is 5.02 Å². The van der Waals surface area contributed by atoms with E-state index in [1.807, 2.05) is 18.2 Å². The molecule has 0 aliphatic heterocycles. The van der Waals surface area contributed by atoms with Crippen LogP contribution >= 0.6 is 11.6 Å². The van der Waals surface area contributed by atoms with Crippen LogP contribution in [0.15, 0.2) is 24.3 Å². The minimum atomic E-state index is 0.190. The lowest BCUT2D eigenvalue weighted by molar-refractivity contribution is 0.290. The van der Waals surface area contributed by atoms with Gasteiger partial charge in [-0.25, -0.2) is 0 Å². The van der Waals surface area contributed by atoms with Gasteiger partial charge in [0.15, 0.2) is 0 Å². The van der Waals surface area contributed by atoms with Gasteiger partial charge in [0.2, 0.25) is 0 Å². The number of benzene rings is 1. The fraction of sp³-hybridized carbons (Fsp3) is 0.571. The van der Waals surface area contributed by atoms with Gasteiger partial charge in [0.25, 0.3) is 0 Å². The molecule has 0 bridgehead atoms. The zero-order valence-electron chi connectivity index (χ0n) is 10.8. The zero-order chi connectivity index (χ0) is 12.7. The lowest BCUT2D eigenvalue weighted by atomic mass is 10.0. The third-order valence-corrected chi connectivity index (χ3v) is 3.52. The van der Waals surface area contributed by atoms with Crippen LogP contribution in [0.3, 0.4) is 0 Å². The van der Waals surface area contributed by atoms with Crippen LogP contribution in [0.25, 0.3) is 0 Å². The van der Waals surface area contributed by atoms with Gasteiger partial charge in [-0.2, -0.15) is 0 Å². The number of nitrogens with zero attached hydrogens (tertiary/aromatic N) is 1. The first kappa shape index (κ1) is 14.5. The second kappa shape index (κ2) is 7.70. The molecule has 0 aromatic heterocycles. The van der Waals surface area contributed by atoms with Crippen LogP contribution in [0, 0.1) is 0 Å². The maximum Gasteiger partial charge on any atom is 0.0438 e. The van der Waals surface area contributed by atoms with Crippen molar-refractivity contribution in [2.24, 2.45) is 5.73 Å². The van der Waals surface area contributed by atoms with Gasteiger partial charge in [-0.1, -0.05) is 43.6 Å². The summed E-state index contributed by atoms with van der Waals surface area (Å²) < 4.78 is 0. The molecule has 0 saturated heterocycles. The van der Waals surface area contributed by atoms with Crippen molar-refractivity contribution < 1.29 is 0 Å². The van der Waals surface area contributed by atoms with Gasteiger partial charge in [0.1, 0.15) is 0 Å². The molecule has 0 spiro atoms. The summed E-state index contributed by atoms with van der Waals surface area (Å²) in [6.07, 6.45) is 1.88. The predicted octanol–water partition coefficient (Wildman–Crippen LogP) is 2.94. The Balaban J connectivity index is 2.39. The lowest BCUT2D eigenvalue weighted by Crippen LogP contribution is -2.31. The highest BCUT2D eigenvalue weighted by Crippen LogP contribution is 2.16. The molecule has 0 fully saturated rings. The topological polar surface area (TPSA) is 29.3 Å². The fourth-order valence-corrected chi connectivity index (χ4v) is 2.15. The molecule has 1 rings (SSSR count). The first-order valence-electron chi connectivity index (χ1n) is 6.38.